The summed E-state index contributed by atoms with van der Waals surface area (Å²) in [4.78, 5) is 14.3. The first-order valence-electron chi connectivity index (χ1n) is 7.81. The van der Waals surface area contributed by atoms with Gasteiger partial charge < -0.3 is 15.0 Å². The fourth-order valence-corrected chi connectivity index (χ4v) is 2.71. The van der Waals surface area contributed by atoms with Crippen molar-refractivity contribution in [1.29, 1.82) is 0 Å². The number of carbonyl (C=O) groups excluding carboxylic acids is 1. The number of hydrogen-bond donors (Lipinski definition) is 1. The molecule has 0 aliphatic carbocycles. The quantitative estimate of drug-likeness (QED) is 0.836. The van der Waals surface area contributed by atoms with E-state index in [2.05, 4.69) is 10.2 Å². The number of benzene rings is 2. The number of likely N-dealkylation sites (N-methyl/N-ethyl adjacent to an activating group) is 1. The normalized spacial score (nSPS) is 12.0. The van der Waals surface area contributed by atoms with Gasteiger partial charge in [0.2, 0.25) is 5.91 Å². The smallest absolute Gasteiger partial charge is 0.224 e. The van der Waals surface area contributed by atoms with Crippen LogP contribution in [0, 0.1) is 0 Å². The number of halogens is 1. The highest BCUT2D eigenvalue weighted by Crippen LogP contribution is 2.21. The first-order chi connectivity index (χ1) is 11.5. The molecule has 0 saturated carbocycles. The molecule has 0 bridgehead atoms. The Morgan fingerprint density at radius 1 is 1.17 bits per heavy atom. The molecule has 24 heavy (non-hydrogen) atoms. The Labute approximate surface area is 148 Å². The number of amides is 1. The first kappa shape index (κ1) is 18.3. The Bertz CT molecular complexity index is 671. The standard InChI is InChI=1S/C19H23ClN2O2/c1-22(2)18(14-8-10-16(24-3)11-9-14)13-21-19(23)12-15-6-4-5-7-17(15)20/h4-11,18H,12-13H2,1-3H3,(H,21,23). The van der Waals surface area contributed by atoms with Crippen LogP contribution in [0.25, 0.3) is 0 Å². The summed E-state index contributed by atoms with van der Waals surface area (Å²) in [6.07, 6.45) is 0.280. The van der Waals surface area contributed by atoms with Crippen molar-refractivity contribution in [3.8, 4) is 5.75 Å². The summed E-state index contributed by atoms with van der Waals surface area (Å²) in [6.45, 7) is 0.530. The predicted molar refractivity (Wildman–Crippen MR) is 97.6 cm³/mol. The Morgan fingerprint density at radius 3 is 2.42 bits per heavy atom. The maximum Gasteiger partial charge on any atom is 0.224 e. The van der Waals surface area contributed by atoms with Crippen LogP contribution < -0.4 is 10.1 Å². The minimum absolute atomic E-state index is 0.0385. The average molecular weight is 347 g/mol. The molecule has 1 unspecified atom stereocenters. The van der Waals surface area contributed by atoms with E-state index in [1.165, 1.54) is 0 Å². The molecule has 0 aromatic heterocycles. The highest BCUT2D eigenvalue weighted by Gasteiger charge is 2.16. The van der Waals surface area contributed by atoms with Crippen molar-refractivity contribution in [3.05, 3.63) is 64.7 Å². The second kappa shape index (κ2) is 8.71. The minimum Gasteiger partial charge on any atom is -0.497 e. The summed E-state index contributed by atoms with van der Waals surface area (Å²) in [5.74, 6) is 0.780. The number of hydrogen-bond acceptors (Lipinski definition) is 3. The van der Waals surface area contributed by atoms with E-state index in [0.717, 1.165) is 16.9 Å². The Morgan fingerprint density at radius 2 is 1.83 bits per heavy atom. The van der Waals surface area contributed by atoms with Gasteiger partial charge in [-0.2, -0.15) is 0 Å². The topological polar surface area (TPSA) is 41.6 Å². The van der Waals surface area contributed by atoms with E-state index in [0.29, 0.717) is 11.6 Å². The van der Waals surface area contributed by atoms with Gasteiger partial charge in [0.15, 0.2) is 0 Å². The lowest BCUT2D eigenvalue weighted by Crippen LogP contribution is -2.35. The van der Waals surface area contributed by atoms with E-state index >= 15 is 0 Å². The number of carbonyl (C=O) groups is 1. The van der Waals surface area contributed by atoms with Crippen LogP contribution in [0.15, 0.2) is 48.5 Å². The van der Waals surface area contributed by atoms with Gasteiger partial charge in [0.05, 0.1) is 19.6 Å². The van der Waals surface area contributed by atoms with Crippen LogP contribution in [0.5, 0.6) is 5.75 Å². The zero-order valence-corrected chi connectivity index (χ0v) is 15.0. The molecule has 5 heteroatoms. The lowest BCUT2D eigenvalue weighted by Gasteiger charge is -2.25. The summed E-state index contributed by atoms with van der Waals surface area (Å²) in [5, 5.41) is 3.61. The van der Waals surface area contributed by atoms with E-state index in [9.17, 15) is 4.79 Å². The van der Waals surface area contributed by atoms with Gasteiger partial charge in [-0.3, -0.25) is 4.79 Å². The zero-order valence-electron chi connectivity index (χ0n) is 14.3. The average Bonchev–Trinajstić information content (AvgIpc) is 2.57. The molecule has 0 fully saturated rings. The first-order valence-corrected chi connectivity index (χ1v) is 8.19. The Hall–Kier alpha value is -2.04. The Balaban J connectivity index is 1.98. The van der Waals surface area contributed by atoms with Crippen molar-refractivity contribution in [2.24, 2.45) is 0 Å². The van der Waals surface area contributed by atoms with E-state index in [1.54, 1.807) is 13.2 Å². The van der Waals surface area contributed by atoms with Gasteiger partial charge in [0.1, 0.15) is 5.75 Å². The maximum absolute atomic E-state index is 12.2. The van der Waals surface area contributed by atoms with Gasteiger partial charge in [-0.15, -0.1) is 0 Å². The second-order valence-electron chi connectivity index (χ2n) is 5.82. The number of nitrogens with one attached hydrogen (secondary N) is 1. The largest absolute Gasteiger partial charge is 0.497 e. The summed E-state index contributed by atoms with van der Waals surface area (Å²) in [7, 11) is 5.64. The number of methoxy groups -OCH3 is 1. The summed E-state index contributed by atoms with van der Waals surface area (Å²) < 4.78 is 5.19. The molecule has 1 amide bonds. The molecule has 0 saturated heterocycles. The van der Waals surface area contributed by atoms with Gasteiger partial charge in [-0.1, -0.05) is 41.9 Å². The summed E-state index contributed by atoms with van der Waals surface area (Å²) in [5.41, 5.74) is 1.96. The third-order valence-corrected chi connectivity index (χ3v) is 4.29. The molecule has 0 heterocycles. The van der Waals surface area contributed by atoms with Gasteiger partial charge in [-0.05, 0) is 43.4 Å². The Kier molecular flexibility index (Phi) is 6.64. The number of rotatable bonds is 7. The highest BCUT2D eigenvalue weighted by atomic mass is 35.5. The van der Waals surface area contributed by atoms with E-state index < -0.39 is 0 Å². The van der Waals surface area contributed by atoms with Crippen molar-refractivity contribution in [3.63, 3.8) is 0 Å². The highest BCUT2D eigenvalue weighted by molar-refractivity contribution is 6.31. The minimum atomic E-state index is -0.0385. The number of nitrogens with zero attached hydrogens (tertiary/aromatic N) is 1. The molecule has 2 rings (SSSR count). The summed E-state index contributed by atoms with van der Waals surface area (Å²) in [6, 6.07) is 15.4. The molecular formula is C19H23ClN2O2. The lowest BCUT2D eigenvalue weighted by atomic mass is 10.1. The third-order valence-electron chi connectivity index (χ3n) is 3.93. The molecule has 1 atom stereocenters. The second-order valence-corrected chi connectivity index (χ2v) is 6.23. The molecule has 2 aromatic carbocycles. The van der Waals surface area contributed by atoms with Crippen LogP contribution in [0.2, 0.25) is 5.02 Å². The molecule has 0 spiro atoms. The van der Waals surface area contributed by atoms with Crippen molar-refractivity contribution in [2.75, 3.05) is 27.7 Å². The molecule has 0 aliphatic heterocycles. The molecule has 2 aromatic rings. The van der Waals surface area contributed by atoms with Gasteiger partial charge in [0, 0.05) is 11.6 Å². The van der Waals surface area contributed by atoms with Crippen LogP contribution in [-0.4, -0.2) is 38.6 Å². The molecule has 128 valence electrons. The van der Waals surface area contributed by atoms with Crippen LogP contribution >= 0.6 is 11.6 Å². The molecule has 4 nitrogen and oxygen atoms in total. The number of ether oxygens (including phenoxy) is 1. The monoisotopic (exact) mass is 346 g/mol. The van der Waals surface area contributed by atoms with Crippen LogP contribution in [0.4, 0.5) is 0 Å². The van der Waals surface area contributed by atoms with Crippen molar-refractivity contribution in [1.82, 2.24) is 10.2 Å². The SMILES string of the molecule is COc1ccc(C(CNC(=O)Cc2ccccc2Cl)N(C)C)cc1. The van der Waals surface area contributed by atoms with Crippen molar-refractivity contribution >= 4 is 17.5 Å². The third kappa shape index (κ3) is 4.98. The van der Waals surface area contributed by atoms with Crippen molar-refractivity contribution in [2.45, 2.75) is 12.5 Å². The lowest BCUT2D eigenvalue weighted by molar-refractivity contribution is -0.120. The maximum atomic E-state index is 12.2. The molecule has 0 radical (unpaired) electrons. The van der Waals surface area contributed by atoms with Gasteiger partial charge in [0.25, 0.3) is 0 Å². The fraction of sp³-hybridized carbons (Fsp3) is 0.316. The fourth-order valence-electron chi connectivity index (χ4n) is 2.51. The molecular weight excluding hydrogens is 324 g/mol. The van der Waals surface area contributed by atoms with E-state index in [4.69, 9.17) is 16.3 Å². The molecule has 1 N–H and O–H groups in total. The zero-order chi connectivity index (χ0) is 17.5. The van der Waals surface area contributed by atoms with E-state index in [-0.39, 0.29) is 18.4 Å². The molecule has 0 aliphatic rings. The van der Waals surface area contributed by atoms with Crippen molar-refractivity contribution < 1.29 is 9.53 Å². The van der Waals surface area contributed by atoms with Gasteiger partial charge in [-0.25, -0.2) is 0 Å². The van der Waals surface area contributed by atoms with Crippen LogP contribution in [0.3, 0.4) is 0 Å². The predicted octanol–water partition coefficient (Wildman–Crippen LogP) is 3.31. The van der Waals surface area contributed by atoms with E-state index in [1.807, 2.05) is 56.6 Å². The van der Waals surface area contributed by atoms with Crippen LogP contribution in [-0.2, 0) is 11.2 Å². The van der Waals surface area contributed by atoms with Crippen LogP contribution in [0.1, 0.15) is 17.2 Å². The summed E-state index contributed by atoms with van der Waals surface area (Å²) >= 11 is 6.11. The van der Waals surface area contributed by atoms with Gasteiger partial charge >= 0.3 is 0 Å².